The van der Waals surface area contributed by atoms with E-state index in [-0.39, 0.29) is 10.6 Å². The molecular formula is C19H17ClFN3O. The van der Waals surface area contributed by atoms with Gasteiger partial charge in [0.15, 0.2) is 0 Å². The van der Waals surface area contributed by atoms with Crippen molar-refractivity contribution in [2.45, 2.75) is 13.1 Å². The molecule has 0 saturated heterocycles. The van der Waals surface area contributed by atoms with Crippen LogP contribution in [0, 0.1) is 5.82 Å². The molecular weight excluding hydrogens is 341 g/mol. The van der Waals surface area contributed by atoms with Crippen molar-refractivity contribution >= 4 is 17.5 Å². The van der Waals surface area contributed by atoms with Crippen LogP contribution in [0.3, 0.4) is 0 Å². The maximum absolute atomic E-state index is 13.9. The molecule has 4 nitrogen and oxygen atoms in total. The lowest BCUT2D eigenvalue weighted by molar-refractivity contribution is 0.0780. The van der Waals surface area contributed by atoms with Crippen molar-refractivity contribution in [2.75, 3.05) is 7.05 Å². The summed E-state index contributed by atoms with van der Waals surface area (Å²) in [6.07, 6.45) is 3.60. The number of hydrogen-bond donors (Lipinski definition) is 0. The maximum Gasteiger partial charge on any atom is 0.256 e. The third-order valence-corrected chi connectivity index (χ3v) is 4.04. The molecule has 0 fully saturated rings. The number of halogens is 2. The topological polar surface area (TPSA) is 38.1 Å². The minimum Gasteiger partial charge on any atom is -0.337 e. The van der Waals surface area contributed by atoms with Crippen LogP contribution in [0.5, 0.6) is 0 Å². The Bertz CT molecular complexity index is 879. The Balaban J connectivity index is 1.67. The molecule has 3 rings (SSSR count). The summed E-state index contributed by atoms with van der Waals surface area (Å²) in [7, 11) is 1.63. The maximum atomic E-state index is 13.9. The van der Waals surface area contributed by atoms with Crippen LogP contribution in [0.25, 0.3) is 0 Å². The first-order valence-electron chi connectivity index (χ1n) is 7.78. The second-order valence-electron chi connectivity index (χ2n) is 5.82. The molecule has 25 heavy (non-hydrogen) atoms. The van der Waals surface area contributed by atoms with E-state index < -0.39 is 11.7 Å². The molecule has 0 spiro atoms. The van der Waals surface area contributed by atoms with Crippen molar-refractivity contribution < 1.29 is 9.18 Å². The smallest absolute Gasteiger partial charge is 0.256 e. The molecule has 1 aromatic heterocycles. The highest BCUT2D eigenvalue weighted by Crippen LogP contribution is 2.17. The Kier molecular flexibility index (Phi) is 5.14. The first-order valence-corrected chi connectivity index (χ1v) is 8.16. The summed E-state index contributed by atoms with van der Waals surface area (Å²) in [4.78, 5) is 13.8. The first-order chi connectivity index (χ1) is 12.0. The highest BCUT2D eigenvalue weighted by Gasteiger charge is 2.17. The second-order valence-corrected chi connectivity index (χ2v) is 6.25. The van der Waals surface area contributed by atoms with Gasteiger partial charge in [-0.05, 0) is 23.8 Å². The van der Waals surface area contributed by atoms with Crippen LogP contribution in [-0.2, 0) is 13.1 Å². The molecule has 2 aromatic carbocycles. The van der Waals surface area contributed by atoms with Gasteiger partial charge in [0.2, 0.25) is 0 Å². The monoisotopic (exact) mass is 357 g/mol. The zero-order valence-corrected chi connectivity index (χ0v) is 14.4. The normalized spacial score (nSPS) is 10.7. The number of benzene rings is 2. The average Bonchev–Trinajstić information content (AvgIpc) is 3.02. The highest BCUT2D eigenvalue weighted by molar-refractivity contribution is 6.30. The second kappa shape index (κ2) is 7.49. The van der Waals surface area contributed by atoms with E-state index in [1.54, 1.807) is 13.2 Å². The van der Waals surface area contributed by atoms with E-state index in [9.17, 15) is 9.18 Å². The minimum atomic E-state index is -0.621. The fourth-order valence-corrected chi connectivity index (χ4v) is 2.72. The molecule has 1 amide bonds. The van der Waals surface area contributed by atoms with Crippen LogP contribution < -0.4 is 0 Å². The molecule has 128 valence electrons. The molecule has 6 heteroatoms. The summed E-state index contributed by atoms with van der Waals surface area (Å²) in [5, 5.41) is 4.58. The zero-order valence-electron chi connectivity index (χ0n) is 13.7. The first kappa shape index (κ1) is 17.2. The van der Waals surface area contributed by atoms with Crippen LogP contribution in [0.15, 0.2) is 60.9 Å². The predicted octanol–water partition coefficient (Wildman–Crippen LogP) is 4.00. The van der Waals surface area contributed by atoms with Crippen LogP contribution >= 0.6 is 11.6 Å². The van der Waals surface area contributed by atoms with Gasteiger partial charge in [0.05, 0.1) is 18.3 Å². The summed E-state index contributed by atoms with van der Waals surface area (Å²) in [5.74, 6) is -1.02. The van der Waals surface area contributed by atoms with Crippen molar-refractivity contribution in [1.29, 1.82) is 0 Å². The van der Waals surface area contributed by atoms with Gasteiger partial charge in [-0.3, -0.25) is 9.48 Å². The summed E-state index contributed by atoms with van der Waals surface area (Å²) < 4.78 is 15.7. The summed E-state index contributed by atoms with van der Waals surface area (Å²) in [6.45, 7) is 1.00. The molecule has 0 aliphatic heterocycles. The lowest BCUT2D eigenvalue weighted by Crippen LogP contribution is -2.26. The number of carbonyl (C=O) groups excluding carboxylic acids is 1. The lowest BCUT2D eigenvalue weighted by Gasteiger charge is -2.16. The van der Waals surface area contributed by atoms with Crippen LogP contribution in [-0.4, -0.2) is 27.6 Å². The van der Waals surface area contributed by atoms with E-state index in [0.29, 0.717) is 13.1 Å². The van der Waals surface area contributed by atoms with E-state index in [0.717, 1.165) is 17.2 Å². The fourth-order valence-electron chi connectivity index (χ4n) is 2.56. The molecule has 0 atom stereocenters. The standard InChI is InChI=1S/C19H17ClFN3O/c1-23(19(25)17-8-7-16(20)9-18(17)21)11-15-10-22-24(13-15)12-14-5-3-2-4-6-14/h2-10,13H,11-12H2,1H3. The number of amides is 1. The Hall–Kier alpha value is -2.66. The van der Waals surface area contributed by atoms with E-state index >= 15 is 0 Å². The van der Waals surface area contributed by atoms with Crippen molar-refractivity contribution in [3.63, 3.8) is 0 Å². The molecule has 0 saturated carbocycles. The quantitative estimate of drug-likeness (QED) is 0.692. The van der Waals surface area contributed by atoms with Gasteiger partial charge in [-0.2, -0.15) is 5.10 Å². The van der Waals surface area contributed by atoms with Crippen molar-refractivity contribution in [2.24, 2.45) is 0 Å². The van der Waals surface area contributed by atoms with Crippen molar-refractivity contribution in [3.05, 3.63) is 88.5 Å². The van der Waals surface area contributed by atoms with Crippen LogP contribution in [0.1, 0.15) is 21.5 Å². The van der Waals surface area contributed by atoms with Gasteiger partial charge >= 0.3 is 0 Å². The van der Waals surface area contributed by atoms with Gasteiger partial charge in [0.25, 0.3) is 5.91 Å². The van der Waals surface area contributed by atoms with Crippen LogP contribution in [0.4, 0.5) is 4.39 Å². The van der Waals surface area contributed by atoms with Gasteiger partial charge in [0.1, 0.15) is 5.82 Å². The molecule has 1 heterocycles. The molecule has 0 radical (unpaired) electrons. The Morgan fingerprint density at radius 2 is 1.96 bits per heavy atom. The van der Waals surface area contributed by atoms with Gasteiger partial charge in [0, 0.05) is 30.4 Å². The van der Waals surface area contributed by atoms with Crippen molar-refractivity contribution in [1.82, 2.24) is 14.7 Å². The Morgan fingerprint density at radius 1 is 1.20 bits per heavy atom. The SMILES string of the molecule is CN(Cc1cnn(Cc2ccccc2)c1)C(=O)c1ccc(Cl)cc1F. The number of rotatable bonds is 5. The van der Waals surface area contributed by atoms with E-state index in [4.69, 9.17) is 11.6 Å². The van der Waals surface area contributed by atoms with Crippen LogP contribution in [0.2, 0.25) is 5.02 Å². The largest absolute Gasteiger partial charge is 0.337 e. The number of aromatic nitrogens is 2. The van der Waals surface area contributed by atoms with Gasteiger partial charge < -0.3 is 4.90 Å². The molecule has 0 bridgehead atoms. The molecule has 3 aromatic rings. The van der Waals surface area contributed by atoms with Crippen molar-refractivity contribution in [3.8, 4) is 0 Å². The van der Waals surface area contributed by atoms with Gasteiger partial charge in [-0.25, -0.2) is 4.39 Å². The van der Waals surface area contributed by atoms with E-state index in [2.05, 4.69) is 5.10 Å². The van der Waals surface area contributed by atoms with E-state index in [1.165, 1.54) is 17.0 Å². The fraction of sp³-hybridized carbons (Fsp3) is 0.158. The average molecular weight is 358 g/mol. The third kappa shape index (κ3) is 4.25. The molecule has 0 N–H and O–H groups in total. The number of nitrogens with zero attached hydrogens (tertiary/aromatic N) is 3. The van der Waals surface area contributed by atoms with Gasteiger partial charge in [-0.1, -0.05) is 41.9 Å². The number of hydrogen-bond acceptors (Lipinski definition) is 2. The summed E-state index contributed by atoms with van der Waals surface area (Å²) in [5.41, 5.74) is 2.02. The summed E-state index contributed by atoms with van der Waals surface area (Å²) in [6, 6.07) is 14.0. The van der Waals surface area contributed by atoms with E-state index in [1.807, 2.05) is 41.2 Å². The lowest BCUT2D eigenvalue weighted by atomic mass is 10.2. The predicted molar refractivity (Wildman–Crippen MR) is 95.0 cm³/mol. The molecule has 0 unspecified atom stereocenters. The van der Waals surface area contributed by atoms with Gasteiger partial charge in [-0.15, -0.1) is 0 Å². The third-order valence-electron chi connectivity index (χ3n) is 3.80. The molecule has 0 aliphatic carbocycles. The Labute approximate surface area is 150 Å². The zero-order chi connectivity index (χ0) is 17.8. The minimum absolute atomic E-state index is 0.00331. The summed E-state index contributed by atoms with van der Waals surface area (Å²) >= 11 is 5.72. The highest BCUT2D eigenvalue weighted by atomic mass is 35.5. The molecule has 0 aliphatic rings. The Morgan fingerprint density at radius 3 is 2.68 bits per heavy atom. The number of carbonyl (C=O) groups is 1.